The van der Waals surface area contributed by atoms with Crippen molar-refractivity contribution in [2.24, 2.45) is 5.73 Å². The predicted octanol–water partition coefficient (Wildman–Crippen LogP) is 0.0880. The van der Waals surface area contributed by atoms with Crippen LogP contribution in [-0.4, -0.2) is 27.5 Å². The first-order chi connectivity index (χ1) is 6.95. The van der Waals surface area contributed by atoms with Crippen LogP contribution in [0.25, 0.3) is 0 Å². The molecule has 0 aromatic heterocycles. The highest BCUT2D eigenvalue weighted by molar-refractivity contribution is 5.73. The summed E-state index contributed by atoms with van der Waals surface area (Å²) in [5, 5.41) is 25.2. The van der Waals surface area contributed by atoms with E-state index < -0.39 is 18.3 Å². The van der Waals surface area contributed by atoms with E-state index in [1.54, 1.807) is 30.3 Å². The molecule has 1 aromatic carbocycles. The fourth-order valence-corrected chi connectivity index (χ4v) is 0.778. The van der Waals surface area contributed by atoms with Crippen molar-refractivity contribution < 1.29 is 20.1 Å². The molecule has 0 saturated heterocycles. The number of carboxylic acids is 1. The van der Waals surface area contributed by atoms with Crippen molar-refractivity contribution in [2.45, 2.75) is 19.3 Å². The molecule has 0 spiro atoms. The van der Waals surface area contributed by atoms with Crippen LogP contribution < -0.4 is 5.73 Å². The zero-order valence-corrected chi connectivity index (χ0v) is 8.37. The third-order valence-electron chi connectivity index (χ3n) is 1.35. The van der Waals surface area contributed by atoms with Gasteiger partial charge in [-0.15, -0.1) is 0 Å². The first kappa shape index (κ1) is 13.6. The number of carboxylic acid groups (broad SMARTS) is 1. The van der Waals surface area contributed by atoms with Gasteiger partial charge in [-0.25, -0.2) is 4.79 Å². The van der Waals surface area contributed by atoms with Crippen LogP contribution in [0.2, 0.25) is 0 Å². The van der Waals surface area contributed by atoms with Crippen molar-refractivity contribution in [3.8, 4) is 0 Å². The van der Waals surface area contributed by atoms with E-state index in [-0.39, 0.29) is 0 Å². The van der Waals surface area contributed by atoms with E-state index in [0.29, 0.717) is 5.56 Å². The van der Waals surface area contributed by atoms with Crippen LogP contribution in [0, 0.1) is 0 Å². The fraction of sp³-hybridized carbons (Fsp3) is 0.300. The van der Waals surface area contributed by atoms with Crippen molar-refractivity contribution in [2.75, 3.05) is 0 Å². The lowest BCUT2D eigenvalue weighted by molar-refractivity contribution is -0.146. The number of aliphatic hydroxyl groups excluding tert-OH is 2. The van der Waals surface area contributed by atoms with Gasteiger partial charge in [-0.05, 0) is 12.5 Å². The molecule has 1 rings (SSSR count). The van der Waals surface area contributed by atoms with Crippen LogP contribution in [0.15, 0.2) is 30.3 Å². The molecule has 5 N–H and O–H groups in total. The molecule has 0 amide bonds. The Balaban J connectivity index is 0.000000423. The van der Waals surface area contributed by atoms with Crippen molar-refractivity contribution in [3.63, 3.8) is 0 Å². The summed E-state index contributed by atoms with van der Waals surface area (Å²) in [6.07, 6.45) is -2.07. The number of carbonyl (C=O) groups is 1. The van der Waals surface area contributed by atoms with Crippen molar-refractivity contribution in [1.82, 2.24) is 0 Å². The summed E-state index contributed by atoms with van der Waals surface area (Å²) in [6.45, 7) is 1.50. The highest BCUT2D eigenvalue weighted by Gasteiger charge is 2.14. The maximum atomic E-state index is 10.2. The Morgan fingerprint density at radius 1 is 1.27 bits per heavy atom. The first-order valence-electron chi connectivity index (χ1n) is 4.34. The lowest BCUT2D eigenvalue weighted by atomic mass is 10.1. The Kier molecular flexibility index (Phi) is 6.28. The third-order valence-corrected chi connectivity index (χ3v) is 1.35. The maximum absolute atomic E-state index is 10.2. The molecule has 15 heavy (non-hydrogen) atoms. The van der Waals surface area contributed by atoms with Gasteiger partial charge in [0, 0.05) is 0 Å². The molecule has 2 atom stereocenters. The summed E-state index contributed by atoms with van der Waals surface area (Å²) in [5.74, 6) is -1.23. The topological polar surface area (TPSA) is 104 Å². The van der Waals surface area contributed by atoms with E-state index in [4.69, 9.17) is 15.3 Å². The summed E-state index contributed by atoms with van der Waals surface area (Å²) in [5.41, 5.74) is 5.07. The average molecular weight is 213 g/mol. The van der Waals surface area contributed by atoms with Crippen molar-refractivity contribution in [3.05, 3.63) is 35.9 Å². The smallest absolute Gasteiger partial charge is 0.337 e. The molecule has 1 aromatic rings. The van der Waals surface area contributed by atoms with Crippen LogP contribution in [-0.2, 0) is 4.79 Å². The third kappa shape index (κ3) is 6.62. The SMILES string of the molecule is CC(N)O.O=C(O)[C@H](O)c1ccccc1. The van der Waals surface area contributed by atoms with E-state index in [0.717, 1.165) is 0 Å². The lowest BCUT2D eigenvalue weighted by Gasteiger charge is -2.03. The molecule has 0 aliphatic heterocycles. The number of aliphatic carboxylic acids is 1. The molecule has 0 radical (unpaired) electrons. The van der Waals surface area contributed by atoms with Crippen LogP contribution in [0.5, 0.6) is 0 Å². The number of aliphatic hydroxyl groups is 2. The van der Waals surface area contributed by atoms with Gasteiger partial charge in [0.15, 0.2) is 6.10 Å². The summed E-state index contributed by atoms with van der Waals surface area (Å²) < 4.78 is 0. The number of benzene rings is 1. The largest absolute Gasteiger partial charge is 0.479 e. The average Bonchev–Trinajstić information content (AvgIpc) is 2.17. The zero-order valence-electron chi connectivity index (χ0n) is 8.37. The molecular weight excluding hydrogens is 198 g/mol. The highest BCUT2D eigenvalue weighted by atomic mass is 16.4. The number of hydrogen-bond donors (Lipinski definition) is 4. The molecule has 0 bridgehead atoms. The normalized spacial score (nSPS) is 13.3. The Bertz CT molecular complexity index is 284. The van der Waals surface area contributed by atoms with E-state index >= 15 is 0 Å². The Labute approximate surface area is 87.8 Å². The van der Waals surface area contributed by atoms with Gasteiger partial charge in [0.2, 0.25) is 0 Å². The molecule has 0 heterocycles. The monoisotopic (exact) mass is 213 g/mol. The zero-order chi connectivity index (χ0) is 11.8. The summed E-state index contributed by atoms with van der Waals surface area (Å²) in [4.78, 5) is 10.2. The van der Waals surface area contributed by atoms with Crippen LogP contribution in [0.3, 0.4) is 0 Å². The molecule has 5 heteroatoms. The Morgan fingerprint density at radius 3 is 2.00 bits per heavy atom. The second-order valence-electron chi connectivity index (χ2n) is 2.89. The molecule has 0 fully saturated rings. The number of nitrogens with two attached hydrogens (primary N) is 1. The van der Waals surface area contributed by atoms with Gasteiger partial charge in [-0.3, -0.25) is 0 Å². The second-order valence-corrected chi connectivity index (χ2v) is 2.89. The molecule has 1 unspecified atom stereocenters. The molecule has 0 aliphatic rings. The van der Waals surface area contributed by atoms with Gasteiger partial charge in [0.05, 0.1) is 6.23 Å². The van der Waals surface area contributed by atoms with Gasteiger partial charge >= 0.3 is 5.97 Å². The number of rotatable bonds is 2. The van der Waals surface area contributed by atoms with Crippen LogP contribution in [0.1, 0.15) is 18.6 Å². The molecular formula is C10H15NO4. The Hall–Kier alpha value is -1.43. The predicted molar refractivity (Wildman–Crippen MR) is 54.9 cm³/mol. The van der Waals surface area contributed by atoms with Crippen LogP contribution in [0.4, 0.5) is 0 Å². The first-order valence-corrected chi connectivity index (χ1v) is 4.34. The van der Waals surface area contributed by atoms with Crippen molar-refractivity contribution >= 4 is 5.97 Å². The minimum absolute atomic E-state index is 0.403. The second kappa shape index (κ2) is 6.94. The maximum Gasteiger partial charge on any atom is 0.337 e. The van der Waals surface area contributed by atoms with E-state index in [1.165, 1.54) is 6.92 Å². The fourth-order valence-electron chi connectivity index (χ4n) is 0.778. The van der Waals surface area contributed by atoms with E-state index in [2.05, 4.69) is 5.73 Å². The number of hydrogen-bond acceptors (Lipinski definition) is 4. The lowest BCUT2D eigenvalue weighted by Crippen LogP contribution is -2.11. The summed E-state index contributed by atoms with van der Waals surface area (Å²) in [6, 6.07) is 8.26. The van der Waals surface area contributed by atoms with E-state index in [9.17, 15) is 4.79 Å². The molecule has 84 valence electrons. The van der Waals surface area contributed by atoms with Gasteiger partial charge < -0.3 is 21.1 Å². The minimum atomic E-state index is -1.41. The molecule has 0 aliphatic carbocycles. The van der Waals surface area contributed by atoms with Gasteiger partial charge in [0.25, 0.3) is 0 Å². The molecule has 5 nitrogen and oxygen atoms in total. The van der Waals surface area contributed by atoms with Crippen LogP contribution >= 0.6 is 0 Å². The Morgan fingerprint density at radius 2 is 1.67 bits per heavy atom. The quantitative estimate of drug-likeness (QED) is 0.521. The summed E-state index contributed by atoms with van der Waals surface area (Å²) in [7, 11) is 0. The van der Waals surface area contributed by atoms with Crippen molar-refractivity contribution in [1.29, 1.82) is 0 Å². The van der Waals surface area contributed by atoms with E-state index in [1.807, 2.05) is 0 Å². The van der Waals surface area contributed by atoms with Gasteiger partial charge in [-0.2, -0.15) is 0 Å². The van der Waals surface area contributed by atoms with Gasteiger partial charge in [0.1, 0.15) is 0 Å². The van der Waals surface area contributed by atoms with Gasteiger partial charge in [-0.1, -0.05) is 30.3 Å². The summed E-state index contributed by atoms with van der Waals surface area (Å²) >= 11 is 0. The molecule has 0 saturated carbocycles. The highest BCUT2D eigenvalue weighted by Crippen LogP contribution is 2.10. The minimum Gasteiger partial charge on any atom is -0.479 e. The standard InChI is InChI=1S/C8H8O3.C2H7NO/c9-7(8(10)11)6-4-2-1-3-5-6;1-2(3)4/h1-5,7,9H,(H,10,11);2,4H,3H2,1H3/t7-;/m1./s1.